The van der Waals surface area contributed by atoms with Crippen molar-refractivity contribution in [2.24, 2.45) is 0 Å². The van der Waals surface area contributed by atoms with Crippen LogP contribution in [-0.4, -0.2) is 21.6 Å². The number of nitrogens with zero attached hydrogens (tertiary/aromatic N) is 2. The van der Waals surface area contributed by atoms with Crippen molar-refractivity contribution in [3.8, 4) is 0 Å². The number of nitrogens with one attached hydrogen (secondary N) is 2. The Bertz CT molecular complexity index is 875. The Morgan fingerprint density at radius 2 is 1.96 bits per heavy atom. The van der Waals surface area contributed by atoms with Crippen LogP contribution in [0, 0.1) is 0 Å². The van der Waals surface area contributed by atoms with Gasteiger partial charge in [0.05, 0.1) is 0 Å². The molecule has 3 rings (SSSR count). The maximum absolute atomic E-state index is 12.3. The summed E-state index contributed by atoms with van der Waals surface area (Å²) in [6.45, 7) is 1.78. The number of thiophene rings is 1. The molecule has 0 unspecified atom stereocenters. The molecule has 0 saturated heterocycles. The Morgan fingerprint density at radius 3 is 2.67 bits per heavy atom. The minimum atomic E-state index is -0.421. The van der Waals surface area contributed by atoms with E-state index in [1.165, 1.54) is 4.88 Å². The first-order valence-corrected chi connectivity index (χ1v) is 9.72. The van der Waals surface area contributed by atoms with Crippen molar-refractivity contribution in [1.82, 2.24) is 9.78 Å². The molecule has 27 heavy (non-hydrogen) atoms. The fourth-order valence-electron chi connectivity index (χ4n) is 2.65. The highest BCUT2D eigenvalue weighted by atomic mass is 32.1. The summed E-state index contributed by atoms with van der Waals surface area (Å²) in [6, 6.07) is 12.6. The molecule has 0 radical (unpaired) electrons. The van der Waals surface area contributed by atoms with E-state index in [1.807, 2.05) is 17.5 Å². The van der Waals surface area contributed by atoms with Gasteiger partial charge < -0.3 is 10.6 Å². The zero-order valence-electron chi connectivity index (χ0n) is 15.1. The SMILES string of the molecule is C[C@H](C(=O)Nc1cccc(NC(=O)CCCc2cccs2)c1)n1cccn1. The molecule has 2 amide bonds. The largest absolute Gasteiger partial charge is 0.326 e. The Labute approximate surface area is 162 Å². The topological polar surface area (TPSA) is 76.0 Å². The van der Waals surface area contributed by atoms with Crippen LogP contribution < -0.4 is 10.6 Å². The minimum absolute atomic E-state index is 0.0278. The van der Waals surface area contributed by atoms with Crippen LogP contribution in [0.2, 0.25) is 0 Å². The first-order valence-electron chi connectivity index (χ1n) is 8.84. The first-order chi connectivity index (χ1) is 13.1. The molecule has 1 aromatic carbocycles. The van der Waals surface area contributed by atoms with E-state index in [0.717, 1.165) is 12.8 Å². The van der Waals surface area contributed by atoms with Gasteiger partial charge in [0, 0.05) is 35.1 Å². The van der Waals surface area contributed by atoms with Crippen molar-refractivity contribution < 1.29 is 9.59 Å². The number of hydrogen-bond donors (Lipinski definition) is 2. The van der Waals surface area contributed by atoms with Crippen molar-refractivity contribution >= 4 is 34.5 Å². The lowest BCUT2D eigenvalue weighted by Crippen LogP contribution is -2.24. The van der Waals surface area contributed by atoms with E-state index in [-0.39, 0.29) is 11.8 Å². The Balaban J connectivity index is 1.50. The quantitative estimate of drug-likeness (QED) is 0.616. The molecule has 0 bridgehead atoms. The van der Waals surface area contributed by atoms with Gasteiger partial charge >= 0.3 is 0 Å². The number of carbonyl (C=O) groups is 2. The van der Waals surface area contributed by atoms with Gasteiger partial charge in [-0.25, -0.2) is 0 Å². The average Bonchev–Trinajstić information content (AvgIpc) is 3.35. The molecule has 2 aromatic heterocycles. The summed E-state index contributed by atoms with van der Waals surface area (Å²) in [5, 5.41) is 11.9. The highest BCUT2D eigenvalue weighted by Crippen LogP contribution is 2.18. The van der Waals surface area contributed by atoms with Crippen LogP contribution >= 0.6 is 11.3 Å². The molecule has 0 fully saturated rings. The molecule has 2 N–H and O–H groups in total. The number of aromatic nitrogens is 2. The average molecular weight is 382 g/mol. The van der Waals surface area contributed by atoms with Gasteiger partial charge in [0.25, 0.3) is 0 Å². The predicted octanol–water partition coefficient (Wildman–Crippen LogP) is 4.11. The number of hydrogen-bond acceptors (Lipinski definition) is 4. The van der Waals surface area contributed by atoms with Crippen LogP contribution in [0.3, 0.4) is 0 Å². The number of anilines is 2. The molecule has 1 atom stereocenters. The van der Waals surface area contributed by atoms with E-state index in [4.69, 9.17) is 0 Å². The molecular formula is C20H22N4O2S. The summed E-state index contributed by atoms with van der Waals surface area (Å²) < 4.78 is 1.59. The van der Waals surface area contributed by atoms with Gasteiger partial charge in [0.15, 0.2) is 0 Å². The van der Waals surface area contributed by atoms with Gasteiger partial charge in [0.1, 0.15) is 6.04 Å². The lowest BCUT2D eigenvalue weighted by Gasteiger charge is -2.13. The zero-order chi connectivity index (χ0) is 19.1. The van der Waals surface area contributed by atoms with E-state index < -0.39 is 6.04 Å². The predicted molar refractivity (Wildman–Crippen MR) is 108 cm³/mol. The summed E-state index contributed by atoms with van der Waals surface area (Å²) in [5.41, 5.74) is 1.30. The Morgan fingerprint density at radius 1 is 1.15 bits per heavy atom. The Hall–Kier alpha value is -2.93. The second-order valence-electron chi connectivity index (χ2n) is 6.21. The summed E-state index contributed by atoms with van der Waals surface area (Å²) in [7, 11) is 0. The van der Waals surface area contributed by atoms with Gasteiger partial charge in [0.2, 0.25) is 11.8 Å². The molecule has 0 saturated carbocycles. The van der Waals surface area contributed by atoms with Crippen molar-refractivity contribution in [2.45, 2.75) is 32.2 Å². The van der Waals surface area contributed by atoms with E-state index in [9.17, 15) is 9.59 Å². The molecule has 0 aliphatic heterocycles. The second kappa shape index (κ2) is 9.14. The van der Waals surface area contributed by atoms with Gasteiger partial charge in [-0.1, -0.05) is 12.1 Å². The Kier molecular flexibility index (Phi) is 6.38. The van der Waals surface area contributed by atoms with Gasteiger partial charge in [-0.05, 0) is 55.5 Å². The minimum Gasteiger partial charge on any atom is -0.326 e. The third-order valence-corrected chi connectivity index (χ3v) is 5.06. The maximum Gasteiger partial charge on any atom is 0.248 e. The molecule has 6 nitrogen and oxygen atoms in total. The van der Waals surface area contributed by atoms with E-state index >= 15 is 0 Å². The number of rotatable bonds is 8. The molecule has 3 aromatic rings. The van der Waals surface area contributed by atoms with Gasteiger partial charge in [-0.2, -0.15) is 5.10 Å². The summed E-state index contributed by atoms with van der Waals surface area (Å²) >= 11 is 1.71. The summed E-state index contributed by atoms with van der Waals surface area (Å²) in [5.74, 6) is -0.196. The standard InChI is InChI=1S/C20H22N4O2S/c1-15(24-12-5-11-21-24)20(26)23-17-7-2-6-16(14-17)22-19(25)10-3-8-18-9-4-13-27-18/h2,4-7,9,11-15H,3,8,10H2,1H3,(H,22,25)(H,23,26)/t15-/m1/s1. The number of carbonyl (C=O) groups excluding carboxylic acids is 2. The maximum atomic E-state index is 12.3. The van der Waals surface area contributed by atoms with Gasteiger partial charge in [-0.3, -0.25) is 14.3 Å². The molecule has 2 heterocycles. The molecule has 7 heteroatoms. The van der Waals surface area contributed by atoms with Crippen LogP contribution in [0.4, 0.5) is 11.4 Å². The lowest BCUT2D eigenvalue weighted by molar-refractivity contribution is -0.119. The monoisotopic (exact) mass is 382 g/mol. The van der Waals surface area contributed by atoms with Crippen molar-refractivity contribution in [3.05, 3.63) is 65.1 Å². The third-order valence-electron chi connectivity index (χ3n) is 4.12. The van der Waals surface area contributed by atoms with Crippen LogP contribution in [0.1, 0.15) is 30.7 Å². The molecular weight excluding hydrogens is 360 g/mol. The van der Waals surface area contributed by atoms with Crippen molar-refractivity contribution in [1.29, 1.82) is 0 Å². The van der Waals surface area contributed by atoms with Crippen LogP contribution in [0.5, 0.6) is 0 Å². The van der Waals surface area contributed by atoms with Gasteiger partial charge in [-0.15, -0.1) is 11.3 Å². The summed E-state index contributed by atoms with van der Waals surface area (Å²) in [6.07, 6.45) is 5.57. The van der Waals surface area contributed by atoms with Crippen LogP contribution in [0.15, 0.2) is 60.2 Å². The van der Waals surface area contributed by atoms with Crippen molar-refractivity contribution in [2.75, 3.05) is 10.6 Å². The van der Waals surface area contributed by atoms with Crippen LogP contribution in [-0.2, 0) is 16.0 Å². The van der Waals surface area contributed by atoms with E-state index in [2.05, 4.69) is 21.8 Å². The fraction of sp³-hybridized carbons (Fsp3) is 0.250. The smallest absolute Gasteiger partial charge is 0.248 e. The first kappa shape index (κ1) is 18.8. The summed E-state index contributed by atoms with van der Waals surface area (Å²) in [4.78, 5) is 25.8. The van der Waals surface area contributed by atoms with E-state index in [1.54, 1.807) is 59.6 Å². The lowest BCUT2D eigenvalue weighted by atomic mass is 10.2. The van der Waals surface area contributed by atoms with E-state index in [0.29, 0.717) is 17.8 Å². The third kappa shape index (κ3) is 5.52. The highest BCUT2D eigenvalue weighted by molar-refractivity contribution is 7.09. The number of aryl methyl sites for hydroxylation is 1. The number of benzene rings is 1. The zero-order valence-corrected chi connectivity index (χ0v) is 15.9. The molecule has 0 spiro atoms. The molecule has 0 aliphatic rings. The second-order valence-corrected chi connectivity index (χ2v) is 7.25. The van der Waals surface area contributed by atoms with Crippen molar-refractivity contribution in [3.63, 3.8) is 0 Å². The highest BCUT2D eigenvalue weighted by Gasteiger charge is 2.15. The molecule has 0 aliphatic carbocycles. The number of amides is 2. The van der Waals surface area contributed by atoms with Crippen LogP contribution in [0.25, 0.3) is 0 Å². The molecule has 140 valence electrons. The fourth-order valence-corrected chi connectivity index (χ4v) is 3.40. The normalized spacial score (nSPS) is 11.7.